The second kappa shape index (κ2) is 6.12. The second-order valence-corrected chi connectivity index (χ2v) is 3.50. The van der Waals surface area contributed by atoms with Crippen molar-refractivity contribution < 1.29 is 14.6 Å². The lowest BCUT2D eigenvalue weighted by molar-refractivity contribution is -0.143. The molecule has 0 radical (unpaired) electrons. The van der Waals surface area contributed by atoms with Crippen molar-refractivity contribution in [2.45, 2.75) is 19.4 Å². The second-order valence-electron chi connectivity index (χ2n) is 3.50. The number of likely N-dealkylation sites (N-methyl/N-ethyl adjacent to an activating group) is 1. The van der Waals surface area contributed by atoms with Crippen molar-refractivity contribution in [3.05, 3.63) is 29.8 Å². The number of benzene rings is 1. The first kappa shape index (κ1) is 12.5. The molecule has 0 aliphatic heterocycles. The van der Waals surface area contributed by atoms with E-state index < -0.39 is 0 Å². The van der Waals surface area contributed by atoms with E-state index in [1.807, 2.05) is 6.92 Å². The van der Waals surface area contributed by atoms with Gasteiger partial charge in [-0.3, -0.25) is 4.79 Å². The highest BCUT2D eigenvalue weighted by Crippen LogP contribution is 2.11. The first-order valence-corrected chi connectivity index (χ1v) is 5.26. The summed E-state index contributed by atoms with van der Waals surface area (Å²) in [5.74, 6) is -0.0447. The van der Waals surface area contributed by atoms with Crippen molar-refractivity contribution in [2.75, 3.05) is 13.7 Å². The van der Waals surface area contributed by atoms with Crippen LogP contribution in [0.15, 0.2) is 24.3 Å². The van der Waals surface area contributed by atoms with Gasteiger partial charge >= 0.3 is 5.97 Å². The molecule has 0 bridgehead atoms. The van der Waals surface area contributed by atoms with E-state index in [0.29, 0.717) is 13.0 Å². The molecule has 0 saturated carbocycles. The van der Waals surface area contributed by atoms with Crippen molar-refractivity contribution >= 4 is 5.97 Å². The molecule has 1 rings (SSSR count). The monoisotopic (exact) mass is 223 g/mol. The number of carbonyl (C=O) groups is 1. The molecular weight excluding hydrogens is 206 g/mol. The summed E-state index contributed by atoms with van der Waals surface area (Å²) in [5, 5.41) is 12.2. The van der Waals surface area contributed by atoms with Crippen molar-refractivity contribution in [1.82, 2.24) is 5.32 Å². The van der Waals surface area contributed by atoms with E-state index in [2.05, 4.69) is 5.32 Å². The van der Waals surface area contributed by atoms with Crippen LogP contribution in [0.5, 0.6) is 5.75 Å². The standard InChI is InChI=1S/C12H17NO3/c1-3-13-11(12(15)16-2)8-9-4-6-10(14)7-5-9/h4-7,11,13-14H,3,8H2,1-2H3/t11-/m0/s1. The number of esters is 1. The number of carbonyl (C=O) groups excluding carboxylic acids is 1. The molecule has 0 aromatic heterocycles. The Morgan fingerprint density at radius 1 is 1.44 bits per heavy atom. The van der Waals surface area contributed by atoms with Gasteiger partial charge in [0.2, 0.25) is 0 Å². The van der Waals surface area contributed by atoms with E-state index in [-0.39, 0.29) is 17.8 Å². The predicted molar refractivity (Wildman–Crippen MR) is 61.3 cm³/mol. The first-order valence-electron chi connectivity index (χ1n) is 5.26. The average molecular weight is 223 g/mol. The summed E-state index contributed by atoms with van der Waals surface area (Å²) in [7, 11) is 1.38. The molecule has 88 valence electrons. The molecule has 0 unspecified atom stereocenters. The molecule has 4 nitrogen and oxygen atoms in total. The lowest BCUT2D eigenvalue weighted by atomic mass is 10.1. The first-order chi connectivity index (χ1) is 7.67. The van der Waals surface area contributed by atoms with Crippen LogP contribution in [0.25, 0.3) is 0 Å². The minimum atomic E-state index is -0.334. The lowest BCUT2D eigenvalue weighted by Gasteiger charge is -2.15. The third-order valence-electron chi connectivity index (χ3n) is 2.31. The topological polar surface area (TPSA) is 58.6 Å². The summed E-state index contributed by atoms with van der Waals surface area (Å²) < 4.78 is 4.71. The summed E-state index contributed by atoms with van der Waals surface area (Å²) in [6.45, 7) is 2.64. The third-order valence-corrected chi connectivity index (χ3v) is 2.31. The van der Waals surface area contributed by atoms with Crippen LogP contribution in [0.1, 0.15) is 12.5 Å². The summed E-state index contributed by atoms with van der Waals surface area (Å²) in [4.78, 5) is 11.4. The Morgan fingerprint density at radius 2 is 2.06 bits per heavy atom. The molecule has 1 atom stereocenters. The molecule has 0 heterocycles. The molecule has 1 aromatic rings. The van der Waals surface area contributed by atoms with Crippen molar-refractivity contribution in [3.63, 3.8) is 0 Å². The van der Waals surface area contributed by atoms with Gasteiger partial charge in [0.25, 0.3) is 0 Å². The van der Waals surface area contributed by atoms with Crippen LogP contribution in [0.2, 0.25) is 0 Å². The number of rotatable bonds is 5. The molecule has 1 aromatic carbocycles. The zero-order valence-electron chi connectivity index (χ0n) is 9.56. The highest BCUT2D eigenvalue weighted by Gasteiger charge is 2.17. The SMILES string of the molecule is CCN[C@@H](Cc1ccc(O)cc1)C(=O)OC. The Hall–Kier alpha value is -1.55. The van der Waals surface area contributed by atoms with Crippen LogP contribution >= 0.6 is 0 Å². The average Bonchev–Trinajstić information content (AvgIpc) is 2.30. The van der Waals surface area contributed by atoms with Gasteiger partial charge in [0.15, 0.2) is 0 Å². The molecular formula is C12H17NO3. The molecule has 0 aliphatic rings. The molecule has 16 heavy (non-hydrogen) atoms. The van der Waals surface area contributed by atoms with Crippen LogP contribution in [-0.4, -0.2) is 30.8 Å². The number of hydrogen-bond acceptors (Lipinski definition) is 4. The molecule has 0 fully saturated rings. The van der Waals surface area contributed by atoms with Gasteiger partial charge in [0.05, 0.1) is 7.11 Å². The summed E-state index contributed by atoms with van der Waals surface area (Å²) in [6, 6.07) is 6.47. The van der Waals surface area contributed by atoms with Crippen molar-refractivity contribution in [3.8, 4) is 5.75 Å². The molecule has 4 heteroatoms. The Balaban J connectivity index is 2.67. The fourth-order valence-electron chi connectivity index (χ4n) is 1.50. The maximum absolute atomic E-state index is 11.4. The summed E-state index contributed by atoms with van der Waals surface area (Å²) >= 11 is 0. The van der Waals surface area contributed by atoms with Gasteiger partial charge in [0.1, 0.15) is 11.8 Å². The highest BCUT2D eigenvalue weighted by molar-refractivity contribution is 5.76. The number of hydrogen-bond donors (Lipinski definition) is 2. The Labute approximate surface area is 95.2 Å². The summed E-state index contributed by atoms with van der Waals surface area (Å²) in [5.41, 5.74) is 0.981. The van der Waals surface area contributed by atoms with Crippen LogP contribution < -0.4 is 5.32 Å². The Morgan fingerprint density at radius 3 is 2.56 bits per heavy atom. The fourth-order valence-corrected chi connectivity index (χ4v) is 1.50. The molecule has 0 saturated heterocycles. The summed E-state index contributed by atoms with van der Waals surface area (Å²) in [6.07, 6.45) is 0.556. The number of aromatic hydroxyl groups is 1. The predicted octanol–water partition coefficient (Wildman–Crippen LogP) is 1.09. The smallest absolute Gasteiger partial charge is 0.323 e. The van der Waals surface area contributed by atoms with Gasteiger partial charge in [-0.25, -0.2) is 0 Å². The molecule has 2 N–H and O–H groups in total. The van der Waals surface area contributed by atoms with E-state index in [1.54, 1.807) is 24.3 Å². The zero-order chi connectivity index (χ0) is 12.0. The van der Waals surface area contributed by atoms with E-state index in [1.165, 1.54) is 7.11 Å². The third kappa shape index (κ3) is 3.55. The lowest BCUT2D eigenvalue weighted by Crippen LogP contribution is -2.39. The zero-order valence-corrected chi connectivity index (χ0v) is 9.56. The van der Waals surface area contributed by atoms with E-state index in [4.69, 9.17) is 9.84 Å². The van der Waals surface area contributed by atoms with Crippen molar-refractivity contribution in [2.24, 2.45) is 0 Å². The molecule has 0 amide bonds. The molecule has 0 aliphatic carbocycles. The number of ether oxygens (including phenoxy) is 1. The minimum absolute atomic E-state index is 0.224. The maximum Gasteiger partial charge on any atom is 0.323 e. The normalized spacial score (nSPS) is 12.1. The van der Waals surface area contributed by atoms with Crippen LogP contribution in [0.4, 0.5) is 0 Å². The minimum Gasteiger partial charge on any atom is -0.508 e. The van der Waals surface area contributed by atoms with E-state index >= 15 is 0 Å². The van der Waals surface area contributed by atoms with Gasteiger partial charge in [-0.2, -0.15) is 0 Å². The van der Waals surface area contributed by atoms with Gasteiger partial charge in [-0.1, -0.05) is 19.1 Å². The largest absolute Gasteiger partial charge is 0.508 e. The number of phenolic OH excluding ortho intramolecular Hbond substituents is 1. The van der Waals surface area contributed by atoms with E-state index in [0.717, 1.165) is 5.56 Å². The van der Waals surface area contributed by atoms with Crippen molar-refractivity contribution in [1.29, 1.82) is 0 Å². The fraction of sp³-hybridized carbons (Fsp3) is 0.417. The van der Waals surface area contributed by atoms with Gasteiger partial charge in [-0.15, -0.1) is 0 Å². The van der Waals surface area contributed by atoms with Gasteiger partial charge < -0.3 is 15.2 Å². The maximum atomic E-state index is 11.4. The van der Waals surface area contributed by atoms with Crippen LogP contribution in [0.3, 0.4) is 0 Å². The number of methoxy groups -OCH3 is 1. The van der Waals surface area contributed by atoms with Gasteiger partial charge in [0, 0.05) is 0 Å². The molecule has 0 spiro atoms. The van der Waals surface area contributed by atoms with E-state index in [9.17, 15) is 4.79 Å². The Kier molecular flexibility index (Phi) is 4.79. The Bertz CT molecular complexity index is 335. The number of nitrogens with one attached hydrogen (secondary N) is 1. The van der Waals surface area contributed by atoms with Crippen LogP contribution in [-0.2, 0) is 16.0 Å². The van der Waals surface area contributed by atoms with Crippen LogP contribution in [0, 0.1) is 0 Å². The van der Waals surface area contributed by atoms with Gasteiger partial charge in [-0.05, 0) is 30.7 Å². The number of phenols is 1. The highest BCUT2D eigenvalue weighted by atomic mass is 16.5. The quantitative estimate of drug-likeness (QED) is 0.733.